The fraction of sp³-hybridized carbons (Fsp3) is 0.294. The molecule has 0 bridgehead atoms. The third-order valence-electron chi connectivity index (χ3n) is 3.02. The highest BCUT2D eigenvalue weighted by molar-refractivity contribution is 9.10. The quantitative estimate of drug-likeness (QED) is 0.782. The molecule has 112 valence electrons. The van der Waals surface area contributed by atoms with Crippen LogP contribution in [0.15, 0.2) is 46.9 Å². The number of nitrogens with one attached hydrogen (secondary N) is 1. The van der Waals surface area contributed by atoms with Crippen LogP contribution < -0.4 is 10.1 Å². The van der Waals surface area contributed by atoms with Crippen LogP contribution in [0.1, 0.15) is 24.5 Å². The average Bonchev–Trinajstić information content (AvgIpc) is 2.49. The predicted molar refractivity (Wildman–Crippen MR) is 86.9 cm³/mol. The maximum Gasteiger partial charge on any atom is 0.123 e. The number of benzene rings is 2. The molecule has 0 aliphatic heterocycles. The van der Waals surface area contributed by atoms with E-state index in [9.17, 15) is 4.39 Å². The van der Waals surface area contributed by atoms with Gasteiger partial charge in [-0.15, -0.1) is 0 Å². The fourth-order valence-electron chi connectivity index (χ4n) is 1.99. The Balaban J connectivity index is 1.89. The number of hydrogen-bond acceptors (Lipinski definition) is 2. The molecule has 1 N–H and O–H groups in total. The van der Waals surface area contributed by atoms with Gasteiger partial charge < -0.3 is 10.1 Å². The summed E-state index contributed by atoms with van der Waals surface area (Å²) < 4.78 is 19.7. The SMILES string of the molecule is CCCOc1cccc(CNCc2cc(F)ccc2Br)c1. The zero-order chi connectivity index (χ0) is 15.1. The summed E-state index contributed by atoms with van der Waals surface area (Å²) in [5, 5.41) is 3.32. The van der Waals surface area contributed by atoms with Gasteiger partial charge in [0, 0.05) is 17.6 Å². The van der Waals surface area contributed by atoms with Crippen LogP contribution in [0.2, 0.25) is 0 Å². The molecule has 0 aliphatic rings. The van der Waals surface area contributed by atoms with Crippen molar-refractivity contribution >= 4 is 15.9 Å². The summed E-state index contributed by atoms with van der Waals surface area (Å²) in [6.45, 7) is 4.14. The summed E-state index contributed by atoms with van der Waals surface area (Å²) in [5.41, 5.74) is 2.06. The molecular formula is C17H19BrFNO. The third-order valence-corrected chi connectivity index (χ3v) is 3.80. The van der Waals surface area contributed by atoms with Crippen molar-refractivity contribution in [1.82, 2.24) is 5.32 Å². The normalized spacial score (nSPS) is 10.6. The molecular weight excluding hydrogens is 333 g/mol. The summed E-state index contributed by atoms with van der Waals surface area (Å²) in [7, 11) is 0. The van der Waals surface area contributed by atoms with Crippen LogP contribution in [0.5, 0.6) is 5.75 Å². The molecule has 0 unspecified atom stereocenters. The van der Waals surface area contributed by atoms with E-state index in [1.54, 1.807) is 6.07 Å². The Bertz CT molecular complexity index is 589. The Morgan fingerprint density at radius 1 is 1.14 bits per heavy atom. The van der Waals surface area contributed by atoms with Gasteiger partial charge in [-0.25, -0.2) is 4.39 Å². The Kier molecular flexibility index (Phi) is 6.21. The van der Waals surface area contributed by atoms with Crippen molar-refractivity contribution in [2.24, 2.45) is 0 Å². The lowest BCUT2D eigenvalue weighted by Gasteiger charge is -2.09. The summed E-state index contributed by atoms with van der Waals surface area (Å²) in [6, 6.07) is 12.7. The molecule has 0 fully saturated rings. The van der Waals surface area contributed by atoms with Crippen LogP contribution in [0, 0.1) is 5.82 Å². The largest absolute Gasteiger partial charge is 0.494 e. The van der Waals surface area contributed by atoms with Gasteiger partial charge in [0.15, 0.2) is 0 Å². The molecule has 2 aromatic carbocycles. The van der Waals surface area contributed by atoms with Gasteiger partial charge >= 0.3 is 0 Å². The van der Waals surface area contributed by atoms with Crippen LogP contribution in [0.3, 0.4) is 0 Å². The molecule has 0 radical (unpaired) electrons. The zero-order valence-electron chi connectivity index (χ0n) is 12.0. The van der Waals surface area contributed by atoms with Crippen molar-refractivity contribution in [2.45, 2.75) is 26.4 Å². The minimum absolute atomic E-state index is 0.218. The fourth-order valence-corrected chi connectivity index (χ4v) is 2.37. The van der Waals surface area contributed by atoms with Crippen LogP contribution in [-0.4, -0.2) is 6.61 Å². The van der Waals surface area contributed by atoms with Crippen molar-refractivity contribution in [2.75, 3.05) is 6.61 Å². The van der Waals surface area contributed by atoms with E-state index in [-0.39, 0.29) is 5.82 Å². The lowest BCUT2D eigenvalue weighted by atomic mass is 10.2. The van der Waals surface area contributed by atoms with Crippen molar-refractivity contribution in [3.05, 3.63) is 63.9 Å². The zero-order valence-corrected chi connectivity index (χ0v) is 13.6. The van der Waals surface area contributed by atoms with Gasteiger partial charge in [-0.2, -0.15) is 0 Å². The van der Waals surface area contributed by atoms with E-state index < -0.39 is 0 Å². The highest BCUT2D eigenvalue weighted by Gasteiger charge is 2.02. The van der Waals surface area contributed by atoms with Gasteiger partial charge in [0.1, 0.15) is 11.6 Å². The van der Waals surface area contributed by atoms with Crippen LogP contribution in [-0.2, 0) is 13.1 Å². The standard InChI is InChI=1S/C17H19BrFNO/c1-2-8-21-16-5-3-4-13(9-16)11-20-12-14-10-15(19)6-7-17(14)18/h3-7,9-10,20H,2,8,11-12H2,1H3. The van der Waals surface area contributed by atoms with E-state index in [0.717, 1.165) is 34.4 Å². The number of ether oxygens (including phenoxy) is 1. The summed E-state index contributed by atoms with van der Waals surface area (Å²) >= 11 is 3.43. The van der Waals surface area contributed by atoms with Gasteiger partial charge in [-0.1, -0.05) is 35.0 Å². The smallest absolute Gasteiger partial charge is 0.123 e. The Labute approximate surface area is 133 Å². The number of hydrogen-bond donors (Lipinski definition) is 1. The Morgan fingerprint density at radius 2 is 2.00 bits per heavy atom. The highest BCUT2D eigenvalue weighted by atomic mass is 79.9. The second-order valence-electron chi connectivity index (χ2n) is 4.84. The lowest BCUT2D eigenvalue weighted by Crippen LogP contribution is -2.13. The predicted octanol–water partition coefficient (Wildman–Crippen LogP) is 4.67. The van der Waals surface area contributed by atoms with Crippen LogP contribution >= 0.6 is 15.9 Å². The number of halogens is 2. The van der Waals surface area contributed by atoms with Crippen molar-refractivity contribution in [3.63, 3.8) is 0 Å². The Morgan fingerprint density at radius 3 is 2.81 bits per heavy atom. The van der Waals surface area contributed by atoms with E-state index in [0.29, 0.717) is 13.1 Å². The molecule has 0 aromatic heterocycles. The molecule has 0 saturated carbocycles. The first-order chi connectivity index (χ1) is 10.2. The lowest BCUT2D eigenvalue weighted by molar-refractivity contribution is 0.317. The van der Waals surface area contributed by atoms with Gasteiger partial charge in [-0.3, -0.25) is 0 Å². The first kappa shape index (κ1) is 16.0. The average molecular weight is 352 g/mol. The molecule has 0 atom stereocenters. The third kappa shape index (κ3) is 5.14. The summed E-state index contributed by atoms with van der Waals surface area (Å²) in [4.78, 5) is 0. The molecule has 0 amide bonds. The van der Waals surface area contributed by atoms with Gasteiger partial charge in [0.05, 0.1) is 6.61 Å². The second kappa shape index (κ2) is 8.15. The van der Waals surface area contributed by atoms with Gasteiger partial charge in [-0.05, 0) is 47.9 Å². The molecule has 0 saturated heterocycles. The molecule has 2 nitrogen and oxygen atoms in total. The van der Waals surface area contributed by atoms with Gasteiger partial charge in [0.25, 0.3) is 0 Å². The molecule has 0 heterocycles. The second-order valence-corrected chi connectivity index (χ2v) is 5.69. The molecule has 2 aromatic rings. The summed E-state index contributed by atoms with van der Waals surface area (Å²) in [5.74, 6) is 0.674. The minimum Gasteiger partial charge on any atom is -0.494 e. The van der Waals surface area contributed by atoms with E-state index in [4.69, 9.17) is 4.74 Å². The van der Waals surface area contributed by atoms with E-state index in [2.05, 4.69) is 28.2 Å². The molecule has 0 aliphatic carbocycles. The monoisotopic (exact) mass is 351 g/mol. The summed E-state index contributed by atoms with van der Waals surface area (Å²) in [6.07, 6.45) is 0.996. The minimum atomic E-state index is -0.218. The van der Waals surface area contributed by atoms with E-state index in [1.807, 2.05) is 24.3 Å². The Hall–Kier alpha value is -1.39. The van der Waals surface area contributed by atoms with Crippen LogP contribution in [0.4, 0.5) is 4.39 Å². The van der Waals surface area contributed by atoms with E-state index in [1.165, 1.54) is 12.1 Å². The maximum atomic E-state index is 13.2. The van der Waals surface area contributed by atoms with Gasteiger partial charge in [0.2, 0.25) is 0 Å². The molecule has 2 rings (SSSR count). The molecule has 21 heavy (non-hydrogen) atoms. The van der Waals surface area contributed by atoms with Crippen molar-refractivity contribution < 1.29 is 9.13 Å². The van der Waals surface area contributed by atoms with Crippen LogP contribution in [0.25, 0.3) is 0 Å². The first-order valence-corrected chi connectivity index (χ1v) is 7.84. The highest BCUT2D eigenvalue weighted by Crippen LogP contribution is 2.18. The van der Waals surface area contributed by atoms with Crippen molar-refractivity contribution in [1.29, 1.82) is 0 Å². The maximum absolute atomic E-state index is 13.2. The first-order valence-electron chi connectivity index (χ1n) is 7.05. The molecule has 0 spiro atoms. The molecule has 4 heteroatoms. The topological polar surface area (TPSA) is 21.3 Å². The number of rotatable bonds is 7. The van der Waals surface area contributed by atoms with E-state index >= 15 is 0 Å². The van der Waals surface area contributed by atoms with Crippen molar-refractivity contribution in [3.8, 4) is 5.75 Å².